The van der Waals surface area contributed by atoms with Crippen LogP contribution in [-0.4, -0.2) is 38.6 Å². The van der Waals surface area contributed by atoms with E-state index in [1.807, 2.05) is 12.1 Å². The molecule has 9 nitrogen and oxygen atoms in total. The van der Waals surface area contributed by atoms with Gasteiger partial charge in [-0.05, 0) is 31.5 Å². The van der Waals surface area contributed by atoms with Crippen molar-refractivity contribution in [2.45, 2.75) is 20.3 Å². The maximum Gasteiger partial charge on any atom is 0.348 e. The van der Waals surface area contributed by atoms with Crippen LogP contribution in [0.2, 0.25) is 0 Å². The van der Waals surface area contributed by atoms with Gasteiger partial charge in [0, 0.05) is 6.20 Å². The molecule has 0 spiro atoms. The number of hydrogen-bond acceptors (Lipinski definition) is 8. The van der Waals surface area contributed by atoms with E-state index < -0.39 is 11.9 Å². The van der Waals surface area contributed by atoms with Crippen molar-refractivity contribution in [2.24, 2.45) is 0 Å². The molecule has 1 amide bonds. The third-order valence-electron chi connectivity index (χ3n) is 3.73. The summed E-state index contributed by atoms with van der Waals surface area (Å²) in [6, 6.07) is 7.38. The number of amides is 1. The lowest BCUT2D eigenvalue weighted by Crippen LogP contribution is -2.15. The van der Waals surface area contributed by atoms with Gasteiger partial charge in [-0.2, -0.15) is 10.4 Å². The molecule has 0 fully saturated rings. The molecule has 0 bridgehead atoms. The van der Waals surface area contributed by atoms with Crippen LogP contribution in [-0.2, 0) is 16.0 Å². The zero-order chi connectivity index (χ0) is 20.1. The Morgan fingerprint density at radius 3 is 2.89 bits per heavy atom. The summed E-state index contributed by atoms with van der Waals surface area (Å²) in [5.74, 6) is -0.164. The molecule has 3 aromatic rings. The standard InChI is InChI=1S/C18H16N6O3S/c1-3-27-18(26)15-10(2)11(9-19)17(28-15)22-14(25)8-13-21-16(24-23-13)12-6-4-5-7-20-12/h4-7H,3,8H2,1-2H3,(H,22,25)(H,21,23,24). The van der Waals surface area contributed by atoms with Crippen molar-refractivity contribution in [2.75, 3.05) is 11.9 Å². The molecule has 3 heterocycles. The normalized spacial score (nSPS) is 10.3. The van der Waals surface area contributed by atoms with Gasteiger partial charge in [-0.3, -0.25) is 14.9 Å². The van der Waals surface area contributed by atoms with Crippen LogP contribution in [0, 0.1) is 18.3 Å². The van der Waals surface area contributed by atoms with Crippen LogP contribution in [0.1, 0.15) is 33.5 Å². The molecule has 0 saturated carbocycles. The van der Waals surface area contributed by atoms with Crippen molar-refractivity contribution in [3.05, 3.63) is 46.2 Å². The summed E-state index contributed by atoms with van der Waals surface area (Å²) in [6.45, 7) is 3.57. The van der Waals surface area contributed by atoms with E-state index in [0.717, 1.165) is 11.3 Å². The molecule has 10 heteroatoms. The molecule has 0 aromatic carbocycles. The number of carbonyl (C=O) groups is 2. The number of nitrogens with zero attached hydrogens (tertiary/aromatic N) is 4. The van der Waals surface area contributed by atoms with Gasteiger partial charge in [0.25, 0.3) is 0 Å². The summed E-state index contributed by atoms with van der Waals surface area (Å²) in [4.78, 5) is 33.1. The first-order valence-electron chi connectivity index (χ1n) is 8.36. The van der Waals surface area contributed by atoms with Gasteiger partial charge in [0.1, 0.15) is 27.5 Å². The van der Waals surface area contributed by atoms with E-state index in [4.69, 9.17) is 4.74 Å². The fourth-order valence-electron chi connectivity index (χ4n) is 2.43. The Morgan fingerprint density at radius 2 is 2.21 bits per heavy atom. The lowest BCUT2D eigenvalue weighted by molar-refractivity contribution is -0.115. The van der Waals surface area contributed by atoms with Crippen molar-refractivity contribution in [1.82, 2.24) is 20.2 Å². The summed E-state index contributed by atoms with van der Waals surface area (Å²) in [5, 5.41) is 19.1. The molecule has 2 N–H and O–H groups in total. The molecule has 28 heavy (non-hydrogen) atoms. The number of ether oxygens (including phenoxy) is 1. The lowest BCUT2D eigenvalue weighted by Gasteiger charge is -2.01. The smallest absolute Gasteiger partial charge is 0.348 e. The Labute approximate surface area is 164 Å². The van der Waals surface area contributed by atoms with Crippen LogP contribution in [0.15, 0.2) is 24.4 Å². The van der Waals surface area contributed by atoms with Gasteiger partial charge in [0.05, 0.1) is 18.6 Å². The highest BCUT2D eigenvalue weighted by Gasteiger charge is 2.22. The molecular formula is C18H16N6O3S. The molecule has 0 unspecified atom stereocenters. The first-order valence-corrected chi connectivity index (χ1v) is 9.18. The fourth-order valence-corrected chi connectivity index (χ4v) is 3.50. The van der Waals surface area contributed by atoms with Gasteiger partial charge in [0.2, 0.25) is 5.91 Å². The van der Waals surface area contributed by atoms with Crippen molar-refractivity contribution in [3.63, 3.8) is 0 Å². The molecule has 0 radical (unpaired) electrons. The minimum atomic E-state index is -0.516. The van der Waals surface area contributed by atoms with Crippen molar-refractivity contribution in [3.8, 4) is 17.6 Å². The second kappa shape index (κ2) is 8.41. The maximum atomic E-state index is 12.4. The first kappa shape index (κ1) is 19.2. The minimum Gasteiger partial charge on any atom is -0.462 e. The minimum absolute atomic E-state index is 0.0730. The largest absolute Gasteiger partial charge is 0.462 e. The highest BCUT2D eigenvalue weighted by Crippen LogP contribution is 2.33. The fraction of sp³-hybridized carbons (Fsp3) is 0.222. The van der Waals surface area contributed by atoms with Crippen molar-refractivity contribution in [1.29, 1.82) is 5.26 Å². The number of anilines is 1. The second-order valence-corrected chi connectivity index (χ2v) is 6.66. The van der Waals surface area contributed by atoms with Gasteiger partial charge in [-0.25, -0.2) is 9.78 Å². The van der Waals surface area contributed by atoms with Gasteiger partial charge in [-0.1, -0.05) is 6.07 Å². The molecule has 0 atom stereocenters. The van der Waals surface area contributed by atoms with Crippen LogP contribution < -0.4 is 5.32 Å². The Morgan fingerprint density at radius 1 is 1.39 bits per heavy atom. The third kappa shape index (κ3) is 4.05. The van der Waals surface area contributed by atoms with Crippen LogP contribution in [0.3, 0.4) is 0 Å². The zero-order valence-electron chi connectivity index (χ0n) is 15.1. The van der Waals surface area contributed by atoms with Crippen LogP contribution in [0.4, 0.5) is 5.00 Å². The quantitative estimate of drug-likeness (QED) is 0.611. The summed E-state index contributed by atoms with van der Waals surface area (Å²) in [5.41, 5.74) is 1.32. The van der Waals surface area contributed by atoms with E-state index >= 15 is 0 Å². The number of hydrogen-bond donors (Lipinski definition) is 2. The Bertz CT molecular complexity index is 1050. The number of nitriles is 1. The number of rotatable bonds is 6. The highest BCUT2D eigenvalue weighted by molar-refractivity contribution is 7.18. The summed E-state index contributed by atoms with van der Waals surface area (Å²) in [6.07, 6.45) is 1.55. The zero-order valence-corrected chi connectivity index (χ0v) is 16.0. The summed E-state index contributed by atoms with van der Waals surface area (Å²) in [7, 11) is 0. The van der Waals surface area contributed by atoms with Gasteiger partial charge in [-0.15, -0.1) is 11.3 Å². The van der Waals surface area contributed by atoms with E-state index in [0.29, 0.717) is 32.8 Å². The molecular weight excluding hydrogens is 380 g/mol. The van der Waals surface area contributed by atoms with E-state index in [1.165, 1.54) is 0 Å². The van der Waals surface area contributed by atoms with Crippen LogP contribution in [0.25, 0.3) is 11.5 Å². The van der Waals surface area contributed by atoms with Crippen LogP contribution in [0.5, 0.6) is 0 Å². The van der Waals surface area contributed by atoms with Gasteiger partial charge < -0.3 is 10.1 Å². The topological polar surface area (TPSA) is 134 Å². The molecule has 142 valence electrons. The number of esters is 1. The highest BCUT2D eigenvalue weighted by atomic mass is 32.1. The van der Waals surface area contributed by atoms with Crippen molar-refractivity contribution < 1.29 is 14.3 Å². The number of thiophene rings is 1. The second-order valence-electron chi connectivity index (χ2n) is 5.64. The van der Waals surface area contributed by atoms with E-state index in [-0.39, 0.29) is 18.6 Å². The predicted octanol–water partition coefficient (Wildman–Crippen LogP) is 2.47. The maximum absolute atomic E-state index is 12.4. The van der Waals surface area contributed by atoms with Gasteiger partial charge in [0.15, 0.2) is 5.82 Å². The van der Waals surface area contributed by atoms with Gasteiger partial charge >= 0.3 is 5.97 Å². The first-order chi connectivity index (χ1) is 13.5. The lowest BCUT2D eigenvalue weighted by atomic mass is 10.2. The molecule has 0 aliphatic rings. The molecule has 3 rings (SSSR count). The molecule has 3 aromatic heterocycles. The van der Waals surface area contributed by atoms with E-state index in [1.54, 1.807) is 32.2 Å². The molecule has 0 aliphatic heterocycles. The number of aromatic nitrogens is 4. The Balaban J connectivity index is 1.73. The monoisotopic (exact) mass is 396 g/mol. The number of carbonyl (C=O) groups excluding carboxylic acids is 2. The number of H-pyrrole nitrogens is 1. The predicted molar refractivity (Wildman–Crippen MR) is 102 cm³/mol. The number of aromatic amines is 1. The summed E-state index contributed by atoms with van der Waals surface area (Å²) >= 11 is 1.01. The van der Waals surface area contributed by atoms with Crippen LogP contribution >= 0.6 is 11.3 Å². The van der Waals surface area contributed by atoms with E-state index in [9.17, 15) is 14.9 Å². The number of nitrogens with one attached hydrogen (secondary N) is 2. The Kier molecular flexibility index (Phi) is 5.76. The summed E-state index contributed by atoms with van der Waals surface area (Å²) < 4.78 is 4.99. The number of pyridine rings is 1. The average molecular weight is 396 g/mol. The Hall–Kier alpha value is -3.58. The SMILES string of the molecule is CCOC(=O)c1sc(NC(=O)Cc2nc(-c3ccccn3)n[nH]2)c(C#N)c1C. The average Bonchev–Trinajstić information content (AvgIpc) is 3.27. The molecule has 0 saturated heterocycles. The van der Waals surface area contributed by atoms with Crippen molar-refractivity contribution >= 4 is 28.2 Å². The molecule has 0 aliphatic carbocycles. The van der Waals surface area contributed by atoms with E-state index in [2.05, 4.69) is 25.5 Å². The third-order valence-corrected chi connectivity index (χ3v) is 4.91.